The average molecular weight is 122 g/mol. The molecule has 0 saturated carbocycles. The molecule has 0 N–H and O–H groups in total. The predicted molar refractivity (Wildman–Crippen MR) is 20.1 cm³/mol. The maximum Gasteiger partial charge on any atom is 1.00 e. The number of carbonyl (C=O) groups is 1. The Labute approximate surface area is 84.8 Å². The summed E-state index contributed by atoms with van der Waals surface area (Å²) in [7, 11) is 0. The van der Waals surface area contributed by atoms with Crippen LogP contribution >= 0.6 is 0 Å². The zero-order chi connectivity index (χ0) is 4.41. The van der Waals surface area contributed by atoms with Gasteiger partial charge < -0.3 is 1.43 Å². The van der Waals surface area contributed by atoms with Crippen LogP contribution in [0.25, 0.3) is 0 Å². The fraction of sp³-hybridized carbons (Fsp3) is 0. The summed E-state index contributed by atoms with van der Waals surface area (Å²) in [4.78, 5) is 9.90. The van der Waals surface area contributed by atoms with E-state index in [1.165, 1.54) is 12.3 Å². The van der Waals surface area contributed by atoms with Crippen LogP contribution in [0.15, 0.2) is 22.5 Å². The first kappa shape index (κ1) is 7.65. The van der Waals surface area contributed by atoms with Gasteiger partial charge in [0, 0.05) is 6.08 Å². The molecule has 0 spiro atoms. The zero-order valence-corrected chi connectivity index (χ0v) is 7.08. The van der Waals surface area contributed by atoms with Crippen LogP contribution in [0.4, 0.5) is 0 Å². The van der Waals surface area contributed by atoms with Crippen LogP contribution in [0.2, 0.25) is 0 Å². The third kappa shape index (κ3) is 2.45. The molecule has 1 aliphatic heterocycles. The van der Waals surface area contributed by atoms with Crippen molar-refractivity contribution in [1.29, 1.82) is 0 Å². The molecule has 4 heteroatoms. The third-order valence-corrected chi connectivity index (χ3v) is 0.440. The van der Waals surface area contributed by atoms with E-state index in [-0.39, 0.29) is 58.7 Å². The number of azo groups is 1. The van der Waals surface area contributed by atoms with Gasteiger partial charge in [0.15, 0.2) is 0 Å². The number of amides is 1. The Bertz CT molecular complexity index is 119. The predicted octanol–water partition coefficient (Wildman–Crippen LogP) is -2.39. The summed E-state index contributed by atoms with van der Waals surface area (Å²) in [5, 5.41) is 6.37. The van der Waals surface area contributed by atoms with E-state index in [2.05, 4.69) is 10.2 Å². The number of rotatable bonds is 0. The van der Waals surface area contributed by atoms with Gasteiger partial charge in [0.2, 0.25) is 0 Å². The SMILES string of the molecule is O=C1C=CN=N1.[H-].[K+]. The van der Waals surface area contributed by atoms with Crippen LogP contribution in [0.3, 0.4) is 0 Å². The molecule has 1 amide bonds. The van der Waals surface area contributed by atoms with Gasteiger partial charge in [0.05, 0.1) is 6.20 Å². The zero-order valence-electron chi connectivity index (χ0n) is 4.96. The minimum absolute atomic E-state index is 0. The van der Waals surface area contributed by atoms with Crippen molar-refractivity contribution in [2.75, 3.05) is 0 Å². The summed E-state index contributed by atoms with van der Waals surface area (Å²) in [6.07, 6.45) is 2.67. The number of carbonyl (C=O) groups excluding carboxylic acids is 1. The summed E-state index contributed by atoms with van der Waals surface area (Å²) >= 11 is 0. The average Bonchev–Trinajstić information content (AvgIpc) is 1.86. The van der Waals surface area contributed by atoms with Crippen molar-refractivity contribution in [3.05, 3.63) is 12.3 Å². The van der Waals surface area contributed by atoms with Gasteiger partial charge in [-0.1, -0.05) is 0 Å². The van der Waals surface area contributed by atoms with Crippen LogP contribution in [0, 0.1) is 0 Å². The van der Waals surface area contributed by atoms with E-state index in [9.17, 15) is 4.79 Å². The fourth-order valence-corrected chi connectivity index (χ4v) is 0.221. The van der Waals surface area contributed by atoms with Crippen LogP contribution < -0.4 is 51.4 Å². The van der Waals surface area contributed by atoms with Crippen molar-refractivity contribution in [3.8, 4) is 0 Å². The molecule has 3 nitrogen and oxygen atoms in total. The summed E-state index contributed by atoms with van der Waals surface area (Å²) in [6, 6.07) is 0. The molecular weight excluding hydrogens is 119 g/mol. The van der Waals surface area contributed by atoms with Gasteiger partial charge in [-0.15, -0.1) is 5.11 Å². The van der Waals surface area contributed by atoms with E-state index in [0.717, 1.165) is 0 Å². The standard InChI is InChI=1S/C3H2N2O.K.H/c6-3-1-2-4-5-3;;/h1-2H;;/q;+1;-1. The van der Waals surface area contributed by atoms with Gasteiger partial charge in [-0.25, -0.2) is 0 Å². The van der Waals surface area contributed by atoms with E-state index in [1.54, 1.807) is 0 Å². The Balaban J connectivity index is 0. The molecule has 0 bridgehead atoms. The maximum atomic E-state index is 9.90. The first-order chi connectivity index (χ1) is 2.89. The van der Waals surface area contributed by atoms with E-state index < -0.39 is 0 Å². The Hall–Kier alpha value is 0.646. The molecule has 0 atom stereocenters. The molecule has 1 aliphatic rings. The second kappa shape index (κ2) is 3.62. The van der Waals surface area contributed by atoms with Gasteiger partial charge in [0.25, 0.3) is 5.91 Å². The Morgan fingerprint density at radius 1 is 1.71 bits per heavy atom. The van der Waals surface area contributed by atoms with Gasteiger partial charge >= 0.3 is 51.4 Å². The Kier molecular flexibility index (Phi) is 3.96. The fourth-order valence-electron chi connectivity index (χ4n) is 0.221. The smallest absolute Gasteiger partial charge is 1.00 e. The molecule has 0 unspecified atom stereocenters. The molecule has 0 saturated heterocycles. The van der Waals surface area contributed by atoms with Crippen molar-refractivity contribution >= 4 is 5.91 Å². The van der Waals surface area contributed by atoms with Crippen molar-refractivity contribution < 1.29 is 57.6 Å². The Morgan fingerprint density at radius 2 is 2.43 bits per heavy atom. The summed E-state index contributed by atoms with van der Waals surface area (Å²) in [5.74, 6) is -0.269. The van der Waals surface area contributed by atoms with E-state index in [4.69, 9.17) is 0 Å². The van der Waals surface area contributed by atoms with Crippen LogP contribution in [-0.4, -0.2) is 5.91 Å². The summed E-state index contributed by atoms with van der Waals surface area (Å²) in [5.41, 5.74) is 0. The molecule has 0 aliphatic carbocycles. The molecule has 1 rings (SSSR count). The van der Waals surface area contributed by atoms with Crippen LogP contribution in [0.1, 0.15) is 1.43 Å². The molecular formula is C3H3KN2O. The Morgan fingerprint density at radius 3 is 2.57 bits per heavy atom. The minimum Gasteiger partial charge on any atom is -1.00 e. The maximum absolute atomic E-state index is 9.90. The molecule has 0 radical (unpaired) electrons. The molecule has 7 heavy (non-hydrogen) atoms. The van der Waals surface area contributed by atoms with Gasteiger partial charge in [-0.05, 0) is 0 Å². The van der Waals surface area contributed by atoms with E-state index in [0.29, 0.717) is 0 Å². The van der Waals surface area contributed by atoms with Crippen molar-refractivity contribution in [3.63, 3.8) is 0 Å². The first-order valence-corrected chi connectivity index (χ1v) is 1.51. The number of nitrogens with zero attached hydrogens (tertiary/aromatic N) is 2. The molecule has 32 valence electrons. The number of hydrogen-bond acceptors (Lipinski definition) is 2. The second-order valence-corrected chi connectivity index (χ2v) is 0.869. The van der Waals surface area contributed by atoms with Gasteiger partial charge in [-0.3, -0.25) is 4.79 Å². The minimum atomic E-state index is -0.269. The van der Waals surface area contributed by atoms with Crippen molar-refractivity contribution in [2.45, 2.75) is 0 Å². The van der Waals surface area contributed by atoms with E-state index in [1.807, 2.05) is 0 Å². The normalized spacial score (nSPS) is 14.6. The third-order valence-electron chi connectivity index (χ3n) is 0.440. The molecule has 1 heterocycles. The summed E-state index contributed by atoms with van der Waals surface area (Å²) < 4.78 is 0. The largest absolute Gasteiger partial charge is 1.00 e. The van der Waals surface area contributed by atoms with Crippen LogP contribution in [0.5, 0.6) is 0 Å². The second-order valence-electron chi connectivity index (χ2n) is 0.869. The van der Waals surface area contributed by atoms with Gasteiger partial charge in [0.1, 0.15) is 0 Å². The topological polar surface area (TPSA) is 41.8 Å². The van der Waals surface area contributed by atoms with E-state index >= 15 is 0 Å². The quantitative estimate of drug-likeness (QED) is 0.330. The first-order valence-electron chi connectivity index (χ1n) is 1.51. The van der Waals surface area contributed by atoms with Crippen molar-refractivity contribution in [2.24, 2.45) is 10.2 Å². The molecule has 0 aromatic carbocycles. The summed E-state index contributed by atoms with van der Waals surface area (Å²) in [6.45, 7) is 0. The van der Waals surface area contributed by atoms with Crippen LogP contribution in [-0.2, 0) is 4.79 Å². The van der Waals surface area contributed by atoms with Crippen molar-refractivity contribution in [1.82, 2.24) is 0 Å². The number of hydrogen-bond donors (Lipinski definition) is 0. The molecule has 0 aromatic rings. The molecule has 0 aromatic heterocycles. The molecule has 0 fully saturated rings. The monoisotopic (exact) mass is 122 g/mol. The van der Waals surface area contributed by atoms with Gasteiger partial charge in [-0.2, -0.15) is 5.11 Å².